The highest BCUT2D eigenvalue weighted by Crippen LogP contribution is 2.45. The van der Waals surface area contributed by atoms with Gasteiger partial charge in [-0.15, -0.1) is 0 Å². The topological polar surface area (TPSA) is 21.3 Å². The van der Waals surface area contributed by atoms with Gasteiger partial charge in [-0.25, -0.2) is 0 Å². The summed E-state index contributed by atoms with van der Waals surface area (Å²) in [5.41, 5.74) is 0.349. The van der Waals surface area contributed by atoms with E-state index in [2.05, 4.69) is 5.32 Å². The van der Waals surface area contributed by atoms with Crippen LogP contribution in [0.5, 0.6) is 0 Å². The molecule has 2 fully saturated rings. The number of rotatable bonds is 2. The van der Waals surface area contributed by atoms with Crippen LogP contribution in [-0.4, -0.2) is 25.3 Å². The van der Waals surface area contributed by atoms with E-state index in [9.17, 15) is 0 Å². The van der Waals surface area contributed by atoms with Gasteiger partial charge in [0.1, 0.15) is 0 Å². The van der Waals surface area contributed by atoms with Crippen molar-refractivity contribution in [1.29, 1.82) is 0 Å². The summed E-state index contributed by atoms with van der Waals surface area (Å²) >= 11 is 0. The van der Waals surface area contributed by atoms with E-state index in [4.69, 9.17) is 4.74 Å². The van der Waals surface area contributed by atoms with Gasteiger partial charge >= 0.3 is 0 Å². The fraction of sp³-hybridized carbons (Fsp3) is 1.00. The van der Waals surface area contributed by atoms with Crippen LogP contribution < -0.4 is 5.32 Å². The van der Waals surface area contributed by atoms with E-state index in [1.165, 1.54) is 32.1 Å². The fourth-order valence-electron chi connectivity index (χ4n) is 2.21. The van der Waals surface area contributed by atoms with Gasteiger partial charge in [0.25, 0.3) is 0 Å². The Bertz CT molecular complexity index is 142. The first-order chi connectivity index (χ1) is 5.35. The quantitative estimate of drug-likeness (QED) is 0.649. The van der Waals surface area contributed by atoms with Gasteiger partial charge in [0.2, 0.25) is 0 Å². The van der Waals surface area contributed by atoms with Crippen molar-refractivity contribution in [3.63, 3.8) is 0 Å². The fourth-order valence-corrected chi connectivity index (χ4v) is 2.21. The predicted octanol–water partition coefficient (Wildman–Crippen LogP) is 1.31. The van der Waals surface area contributed by atoms with E-state index in [0.29, 0.717) is 11.7 Å². The first-order valence-electron chi connectivity index (χ1n) is 4.67. The van der Waals surface area contributed by atoms with Crippen LogP contribution in [0.15, 0.2) is 0 Å². The highest BCUT2D eigenvalue weighted by Gasteiger charge is 2.44. The van der Waals surface area contributed by atoms with Gasteiger partial charge in [-0.2, -0.15) is 0 Å². The molecular formula is C9H17NO. The molecule has 11 heavy (non-hydrogen) atoms. The Balaban J connectivity index is 1.83. The third-order valence-electron chi connectivity index (χ3n) is 3.04. The van der Waals surface area contributed by atoms with E-state index < -0.39 is 0 Å². The van der Waals surface area contributed by atoms with Crippen molar-refractivity contribution in [2.75, 3.05) is 13.6 Å². The van der Waals surface area contributed by atoms with Gasteiger partial charge in [0.15, 0.2) is 0 Å². The highest BCUT2D eigenvalue weighted by molar-refractivity contribution is 4.95. The van der Waals surface area contributed by atoms with Crippen molar-refractivity contribution in [1.82, 2.24) is 5.32 Å². The first-order valence-corrected chi connectivity index (χ1v) is 4.67. The molecule has 0 radical (unpaired) electrons. The number of nitrogens with one attached hydrogen (secondary N) is 1. The second-order valence-corrected chi connectivity index (χ2v) is 3.87. The molecule has 64 valence electrons. The molecule has 0 aromatic heterocycles. The Morgan fingerprint density at radius 3 is 2.73 bits per heavy atom. The third-order valence-corrected chi connectivity index (χ3v) is 3.04. The average Bonchev–Trinajstić information content (AvgIpc) is 2.32. The van der Waals surface area contributed by atoms with Crippen LogP contribution in [0.25, 0.3) is 0 Å². The summed E-state index contributed by atoms with van der Waals surface area (Å²) in [6.07, 6.45) is 7.08. The average molecular weight is 155 g/mol. The zero-order chi connectivity index (χ0) is 7.73. The highest BCUT2D eigenvalue weighted by atomic mass is 16.5. The van der Waals surface area contributed by atoms with Crippen LogP contribution in [0.3, 0.4) is 0 Å². The lowest BCUT2D eigenvalue weighted by Crippen LogP contribution is -2.38. The second-order valence-electron chi connectivity index (χ2n) is 3.87. The van der Waals surface area contributed by atoms with Gasteiger partial charge in [-0.05, 0) is 39.2 Å². The van der Waals surface area contributed by atoms with Crippen LogP contribution in [0, 0.1) is 0 Å². The molecule has 2 rings (SSSR count). The van der Waals surface area contributed by atoms with Crippen molar-refractivity contribution in [2.45, 2.75) is 43.8 Å². The van der Waals surface area contributed by atoms with Crippen LogP contribution in [-0.2, 0) is 4.74 Å². The summed E-state index contributed by atoms with van der Waals surface area (Å²) in [5, 5.41) is 3.17. The van der Waals surface area contributed by atoms with Crippen molar-refractivity contribution >= 4 is 0 Å². The Morgan fingerprint density at radius 1 is 1.45 bits per heavy atom. The van der Waals surface area contributed by atoms with E-state index in [1.54, 1.807) is 0 Å². The molecule has 1 aliphatic carbocycles. The molecule has 0 aromatic rings. The zero-order valence-electron chi connectivity index (χ0n) is 7.23. The van der Waals surface area contributed by atoms with E-state index in [-0.39, 0.29) is 0 Å². The minimum Gasteiger partial charge on any atom is -0.370 e. The molecule has 0 amide bonds. The second kappa shape index (κ2) is 2.76. The molecule has 0 bridgehead atoms. The summed E-state index contributed by atoms with van der Waals surface area (Å²) in [4.78, 5) is 0. The lowest BCUT2D eigenvalue weighted by molar-refractivity contribution is -0.0892. The first kappa shape index (κ1) is 7.56. The van der Waals surface area contributed by atoms with Gasteiger partial charge in [-0.1, -0.05) is 0 Å². The lowest BCUT2D eigenvalue weighted by atomic mass is 9.78. The maximum absolute atomic E-state index is 5.96. The molecule has 2 nitrogen and oxygen atoms in total. The molecule has 1 saturated carbocycles. The van der Waals surface area contributed by atoms with Crippen molar-refractivity contribution in [3.8, 4) is 0 Å². The standard InChI is InChI=1S/C9H17NO/c1-10-7-8-3-6-9(11-8)4-2-5-9/h8,10H,2-7H2,1H3. The normalized spacial score (nSPS) is 34.1. The molecule has 1 aliphatic heterocycles. The summed E-state index contributed by atoms with van der Waals surface area (Å²) in [5.74, 6) is 0. The molecule has 0 aromatic carbocycles. The number of hydrogen-bond acceptors (Lipinski definition) is 2. The molecule has 1 spiro atoms. The number of ether oxygens (including phenoxy) is 1. The third kappa shape index (κ3) is 1.30. The molecule has 2 heteroatoms. The number of likely N-dealkylation sites (N-methyl/N-ethyl adjacent to an activating group) is 1. The number of hydrogen-bond donors (Lipinski definition) is 1. The minimum atomic E-state index is 0.349. The SMILES string of the molecule is CNCC1CCC2(CCC2)O1. The van der Waals surface area contributed by atoms with Gasteiger partial charge < -0.3 is 10.1 Å². The Kier molecular flexibility index (Phi) is 1.90. The predicted molar refractivity (Wildman–Crippen MR) is 44.6 cm³/mol. The maximum atomic E-state index is 5.96. The smallest absolute Gasteiger partial charge is 0.0707 e. The van der Waals surface area contributed by atoms with E-state index >= 15 is 0 Å². The maximum Gasteiger partial charge on any atom is 0.0707 e. The van der Waals surface area contributed by atoms with Crippen molar-refractivity contribution in [2.24, 2.45) is 0 Å². The monoisotopic (exact) mass is 155 g/mol. The summed E-state index contributed by atoms with van der Waals surface area (Å²) in [6.45, 7) is 1.03. The van der Waals surface area contributed by atoms with Gasteiger partial charge in [0, 0.05) is 6.54 Å². The summed E-state index contributed by atoms with van der Waals surface area (Å²) < 4.78 is 5.96. The van der Waals surface area contributed by atoms with E-state index in [1.807, 2.05) is 7.05 Å². The summed E-state index contributed by atoms with van der Waals surface area (Å²) in [6, 6.07) is 0. The molecule has 1 N–H and O–H groups in total. The Hall–Kier alpha value is -0.0800. The Labute approximate surface area is 68.3 Å². The van der Waals surface area contributed by atoms with Crippen LogP contribution >= 0.6 is 0 Å². The summed E-state index contributed by atoms with van der Waals surface area (Å²) in [7, 11) is 2.00. The van der Waals surface area contributed by atoms with Crippen molar-refractivity contribution in [3.05, 3.63) is 0 Å². The molecular weight excluding hydrogens is 138 g/mol. The molecule has 1 saturated heterocycles. The zero-order valence-corrected chi connectivity index (χ0v) is 7.23. The van der Waals surface area contributed by atoms with E-state index in [0.717, 1.165) is 6.54 Å². The molecule has 1 atom stereocenters. The largest absolute Gasteiger partial charge is 0.370 e. The van der Waals surface area contributed by atoms with Crippen molar-refractivity contribution < 1.29 is 4.74 Å². The van der Waals surface area contributed by atoms with Crippen LogP contribution in [0.1, 0.15) is 32.1 Å². The minimum absolute atomic E-state index is 0.349. The van der Waals surface area contributed by atoms with Crippen LogP contribution in [0.2, 0.25) is 0 Å². The van der Waals surface area contributed by atoms with Gasteiger partial charge in [-0.3, -0.25) is 0 Å². The molecule has 2 aliphatic rings. The Morgan fingerprint density at radius 2 is 2.27 bits per heavy atom. The molecule has 1 heterocycles. The van der Waals surface area contributed by atoms with Gasteiger partial charge in [0.05, 0.1) is 11.7 Å². The lowest BCUT2D eigenvalue weighted by Gasteiger charge is -2.37. The van der Waals surface area contributed by atoms with Crippen LogP contribution in [0.4, 0.5) is 0 Å². The molecule has 1 unspecified atom stereocenters.